The molecule has 0 saturated carbocycles. The molecule has 2 N–H and O–H groups in total. The van der Waals surface area contributed by atoms with Crippen LogP contribution >= 0.6 is 11.3 Å². The van der Waals surface area contributed by atoms with Crippen LogP contribution in [0.1, 0.15) is 28.8 Å². The zero-order valence-corrected chi connectivity index (χ0v) is 20.2. The third-order valence-electron chi connectivity index (χ3n) is 6.14. The lowest BCUT2D eigenvalue weighted by atomic mass is 10.1. The van der Waals surface area contributed by atoms with Crippen LogP contribution in [0.25, 0.3) is 10.4 Å². The number of nitrogens with one attached hydrogen (secondary N) is 2. The van der Waals surface area contributed by atoms with Crippen molar-refractivity contribution < 1.29 is 22.8 Å². The molecule has 0 aliphatic carbocycles. The van der Waals surface area contributed by atoms with Crippen LogP contribution in [0.4, 0.5) is 35.3 Å². The number of thiazole rings is 1. The molecule has 5 heterocycles. The quantitative estimate of drug-likeness (QED) is 0.537. The maximum Gasteiger partial charge on any atom is 0.408 e. The molecule has 2 bridgehead atoms. The van der Waals surface area contributed by atoms with E-state index in [1.807, 2.05) is 23.2 Å². The van der Waals surface area contributed by atoms with Gasteiger partial charge in [0.05, 0.1) is 21.6 Å². The highest BCUT2D eigenvalue weighted by Gasteiger charge is 2.41. The number of pyridine rings is 2. The first-order chi connectivity index (χ1) is 17.1. The monoisotopic (exact) mass is 517 g/mol. The molecule has 5 rings (SSSR count). The summed E-state index contributed by atoms with van der Waals surface area (Å²) in [5.74, 6) is -0.411. The molecule has 188 valence electrons. The van der Waals surface area contributed by atoms with Crippen molar-refractivity contribution in [1.82, 2.24) is 20.3 Å². The number of nitrogens with zero attached hydrogens (tertiary/aromatic N) is 5. The summed E-state index contributed by atoms with van der Waals surface area (Å²) in [6.07, 6.45) is -0.556. The second kappa shape index (κ2) is 9.04. The summed E-state index contributed by atoms with van der Waals surface area (Å²) in [4.78, 5) is 43.2. The molecule has 1 fully saturated rings. The van der Waals surface area contributed by atoms with Gasteiger partial charge in [0.1, 0.15) is 17.6 Å². The number of amides is 3. The van der Waals surface area contributed by atoms with Crippen molar-refractivity contribution >= 4 is 40.6 Å². The normalized spacial score (nSPS) is 17.5. The molecule has 2 aliphatic rings. The third-order valence-corrected chi connectivity index (χ3v) is 7.10. The maximum absolute atomic E-state index is 13.4. The van der Waals surface area contributed by atoms with E-state index in [2.05, 4.69) is 20.3 Å². The lowest BCUT2D eigenvalue weighted by Gasteiger charge is -2.35. The number of rotatable bonds is 4. The average molecular weight is 518 g/mol. The number of carbonyl (C=O) groups excluding carboxylic acids is 2. The summed E-state index contributed by atoms with van der Waals surface area (Å²) < 4.78 is 38.7. The van der Waals surface area contributed by atoms with Gasteiger partial charge in [0.2, 0.25) is 0 Å². The lowest BCUT2D eigenvalue weighted by molar-refractivity contribution is -0.149. The number of hydrogen-bond acceptors (Lipinski definition) is 7. The van der Waals surface area contributed by atoms with Crippen LogP contribution in [0.2, 0.25) is 0 Å². The highest BCUT2D eigenvalue weighted by molar-refractivity contribution is 7.15. The molecule has 3 amide bonds. The second-order valence-electron chi connectivity index (χ2n) is 8.64. The zero-order valence-electron chi connectivity index (χ0n) is 19.3. The predicted octanol–water partition coefficient (Wildman–Crippen LogP) is 4.22. The largest absolute Gasteiger partial charge is 0.408 e. The van der Waals surface area contributed by atoms with Gasteiger partial charge in [0, 0.05) is 25.5 Å². The van der Waals surface area contributed by atoms with Gasteiger partial charge in [0.25, 0.3) is 5.91 Å². The molecule has 0 radical (unpaired) electrons. The standard InChI is InChI=1S/C23H22F3N7O2S/c1-12(23(24,25)26)29-21(34)16-3-4-17-20(30-16)33(15-6-8-32(17)11-15)22(35)31-19-9-14(5-7-27-19)18-10-28-13(2)36-18/h3-5,7,9-10,12,15H,6,8,11H2,1-2H3,(H,29,34)(H,27,31,35)/t12?,15-/m0/s1. The molecule has 2 aliphatic heterocycles. The van der Waals surface area contributed by atoms with Gasteiger partial charge in [-0.15, -0.1) is 11.3 Å². The fourth-order valence-electron chi connectivity index (χ4n) is 4.27. The Balaban J connectivity index is 1.41. The van der Waals surface area contributed by atoms with E-state index in [0.29, 0.717) is 31.0 Å². The highest BCUT2D eigenvalue weighted by Crippen LogP contribution is 2.39. The van der Waals surface area contributed by atoms with Crippen molar-refractivity contribution in [3.8, 4) is 10.4 Å². The van der Waals surface area contributed by atoms with Gasteiger partial charge in [-0.2, -0.15) is 13.2 Å². The van der Waals surface area contributed by atoms with Crippen molar-refractivity contribution in [3.63, 3.8) is 0 Å². The molecule has 0 spiro atoms. The third kappa shape index (κ3) is 4.57. The molecule has 9 nitrogen and oxygen atoms in total. The maximum atomic E-state index is 13.4. The summed E-state index contributed by atoms with van der Waals surface area (Å²) in [6, 6.07) is 3.82. The average Bonchev–Trinajstić information content (AvgIpc) is 3.45. The van der Waals surface area contributed by atoms with Gasteiger partial charge in [0.15, 0.2) is 5.82 Å². The molecule has 1 unspecified atom stereocenters. The molecule has 13 heteroatoms. The smallest absolute Gasteiger partial charge is 0.366 e. The topological polar surface area (TPSA) is 103 Å². The minimum absolute atomic E-state index is 0.203. The second-order valence-corrected chi connectivity index (χ2v) is 9.87. The summed E-state index contributed by atoms with van der Waals surface area (Å²) >= 11 is 1.52. The van der Waals surface area contributed by atoms with E-state index in [4.69, 9.17) is 0 Å². The van der Waals surface area contributed by atoms with Gasteiger partial charge in [-0.25, -0.2) is 19.7 Å². The molecule has 2 atom stereocenters. The number of aromatic nitrogens is 3. The van der Waals surface area contributed by atoms with Crippen molar-refractivity contribution in [2.75, 3.05) is 28.2 Å². The lowest BCUT2D eigenvalue weighted by Crippen LogP contribution is -2.49. The number of hydrogen-bond donors (Lipinski definition) is 2. The predicted molar refractivity (Wildman–Crippen MR) is 129 cm³/mol. The van der Waals surface area contributed by atoms with E-state index in [9.17, 15) is 22.8 Å². The van der Waals surface area contributed by atoms with Gasteiger partial charge in [-0.3, -0.25) is 15.0 Å². The Bertz CT molecular complexity index is 1330. The van der Waals surface area contributed by atoms with Gasteiger partial charge < -0.3 is 10.2 Å². The van der Waals surface area contributed by atoms with Crippen LogP contribution in [-0.4, -0.2) is 58.2 Å². The minimum Gasteiger partial charge on any atom is -0.366 e. The number of fused-ring (bicyclic) bond motifs is 4. The summed E-state index contributed by atoms with van der Waals surface area (Å²) in [6.45, 7) is 4.04. The molecule has 36 heavy (non-hydrogen) atoms. The first-order valence-corrected chi connectivity index (χ1v) is 12.0. The SMILES string of the molecule is Cc1ncc(-c2ccnc(NC(=O)N3c4nc(C(=O)NC(C)C(F)(F)F)ccc4N4CC[C@H]3C4)c2)s1. The minimum atomic E-state index is -4.58. The van der Waals surface area contributed by atoms with Gasteiger partial charge >= 0.3 is 12.2 Å². The highest BCUT2D eigenvalue weighted by atomic mass is 32.1. The Morgan fingerprint density at radius 1 is 1.22 bits per heavy atom. The molecule has 1 saturated heterocycles. The first kappa shape index (κ1) is 24.0. The molecule has 3 aromatic heterocycles. The van der Waals surface area contributed by atoms with Crippen molar-refractivity contribution in [2.24, 2.45) is 0 Å². The van der Waals surface area contributed by atoms with Crippen molar-refractivity contribution in [1.29, 1.82) is 0 Å². The van der Waals surface area contributed by atoms with Crippen LogP contribution in [0, 0.1) is 6.92 Å². The van der Waals surface area contributed by atoms with E-state index >= 15 is 0 Å². The first-order valence-electron chi connectivity index (χ1n) is 11.2. The van der Waals surface area contributed by atoms with E-state index < -0.39 is 24.2 Å². The number of carbonyl (C=O) groups is 2. The molecular weight excluding hydrogens is 495 g/mol. The van der Waals surface area contributed by atoms with Crippen LogP contribution < -0.4 is 20.4 Å². The van der Waals surface area contributed by atoms with Crippen molar-refractivity contribution in [2.45, 2.75) is 38.5 Å². The Kier molecular flexibility index (Phi) is 6.02. The van der Waals surface area contributed by atoms with Gasteiger partial charge in [-0.1, -0.05) is 0 Å². The van der Waals surface area contributed by atoms with E-state index in [1.54, 1.807) is 24.5 Å². The number of anilines is 3. The fourth-order valence-corrected chi connectivity index (χ4v) is 5.04. The Morgan fingerprint density at radius 2 is 2.03 bits per heavy atom. The summed E-state index contributed by atoms with van der Waals surface area (Å²) in [5, 5.41) is 5.64. The number of aryl methyl sites for hydroxylation is 1. The zero-order chi connectivity index (χ0) is 25.6. The Labute approximate surface area is 208 Å². The molecule has 3 aromatic rings. The van der Waals surface area contributed by atoms with Crippen LogP contribution in [0.5, 0.6) is 0 Å². The molecular formula is C23H22F3N7O2S. The van der Waals surface area contributed by atoms with Crippen LogP contribution in [0.15, 0.2) is 36.7 Å². The van der Waals surface area contributed by atoms with Gasteiger partial charge in [-0.05, 0) is 50.1 Å². The van der Waals surface area contributed by atoms with E-state index in [1.165, 1.54) is 22.3 Å². The van der Waals surface area contributed by atoms with Crippen LogP contribution in [-0.2, 0) is 0 Å². The summed E-state index contributed by atoms with van der Waals surface area (Å²) in [7, 11) is 0. The number of halogens is 3. The molecule has 0 aromatic carbocycles. The Hall–Kier alpha value is -3.74. The Morgan fingerprint density at radius 3 is 2.75 bits per heavy atom. The number of urea groups is 1. The van der Waals surface area contributed by atoms with Crippen LogP contribution in [0.3, 0.4) is 0 Å². The van der Waals surface area contributed by atoms with E-state index in [-0.39, 0.29) is 17.6 Å². The van der Waals surface area contributed by atoms with E-state index in [0.717, 1.165) is 22.4 Å². The summed E-state index contributed by atoms with van der Waals surface area (Å²) in [5.41, 5.74) is 1.29. The van der Waals surface area contributed by atoms with Crippen molar-refractivity contribution in [3.05, 3.63) is 47.4 Å². The number of alkyl halides is 3. The fraction of sp³-hybridized carbons (Fsp3) is 0.348.